The zero-order chi connectivity index (χ0) is 15.3. The van der Waals surface area contributed by atoms with Crippen LogP contribution in [0.5, 0.6) is 0 Å². The fourth-order valence-electron chi connectivity index (χ4n) is 1.99. The Bertz CT molecular complexity index is 657. The van der Waals surface area contributed by atoms with Crippen LogP contribution in [0, 0.1) is 23.6 Å². The van der Waals surface area contributed by atoms with Crippen LogP contribution in [0.2, 0.25) is 0 Å². The highest BCUT2D eigenvalue weighted by atomic mass is 32.2. The molecule has 0 aromatic heterocycles. The van der Waals surface area contributed by atoms with Crippen molar-refractivity contribution < 1.29 is 17.9 Å². The maximum absolute atomic E-state index is 13.8. The summed E-state index contributed by atoms with van der Waals surface area (Å²) in [6.45, 7) is 0.314. The highest BCUT2D eigenvalue weighted by molar-refractivity contribution is 7.89. The molecule has 0 aliphatic heterocycles. The zero-order valence-corrected chi connectivity index (χ0v) is 12.4. The van der Waals surface area contributed by atoms with Gasteiger partial charge >= 0.3 is 0 Å². The first-order chi connectivity index (χ1) is 10.0. The van der Waals surface area contributed by atoms with Crippen LogP contribution in [0.1, 0.15) is 31.2 Å². The Labute approximate surface area is 124 Å². The van der Waals surface area contributed by atoms with Crippen LogP contribution < -0.4 is 4.72 Å². The monoisotopic (exact) mass is 311 g/mol. The van der Waals surface area contributed by atoms with Gasteiger partial charge in [0.1, 0.15) is 5.82 Å². The second-order valence-electron chi connectivity index (χ2n) is 5.07. The average molecular weight is 311 g/mol. The van der Waals surface area contributed by atoms with E-state index in [-0.39, 0.29) is 23.5 Å². The van der Waals surface area contributed by atoms with Crippen molar-refractivity contribution in [1.29, 1.82) is 0 Å². The van der Waals surface area contributed by atoms with E-state index in [1.165, 1.54) is 12.1 Å². The lowest BCUT2D eigenvalue weighted by Gasteiger charge is -2.25. The van der Waals surface area contributed by atoms with E-state index in [4.69, 9.17) is 5.11 Å². The Balaban J connectivity index is 2.09. The predicted octanol–water partition coefficient (Wildman–Crippen LogP) is 1.64. The maximum atomic E-state index is 13.8. The van der Waals surface area contributed by atoms with Gasteiger partial charge in [-0.15, -0.1) is 0 Å². The molecule has 1 aromatic carbocycles. The molecule has 0 spiro atoms. The lowest BCUT2D eigenvalue weighted by molar-refractivity contribution is 0.305. The number of hydrogen-bond acceptors (Lipinski definition) is 3. The summed E-state index contributed by atoms with van der Waals surface area (Å²) in [5.74, 6) is 4.88. The Kier molecular flexibility index (Phi) is 5.34. The van der Waals surface area contributed by atoms with Crippen molar-refractivity contribution in [3.8, 4) is 11.8 Å². The van der Waals surface area contributed by atoms with Crippen molar-refractivity contribution in [2.24, 2.45) is 5.92 Å². The Morgan fingerprint density at radius 2 is 2.14 bits per heavy atom. The molecule has 1 aliphatic carbocycles. The Morgan fingerprint density at radius 1 is 1.38 bits per heavy atom. The van der Waals surface area contributed by atoms with E-state index >= 15 is 0 Å². The molecule has 1 saturated carbocycles. The molecule has 2 rings (SSSR count). The topological polar surface area (TPSA) is 66.4 Å². The molecule has 2 N–H and O–H groups in total. The van der Waals surface area contributed by atoms with E-state index in [2.05, 4.69) is 16.6 Å². The number of sulfonamides is 1. The molecule has 6 heteroatoms. The molecule has 114 valence electrons. The number of halogens is 1. The second-order valence-corrected chi connectivity index (χ2v) is 6.83. The molecule has 0 heterocycles. The molecular weight excluding hydrogens is 293 g/mol. The summed E-state index contributed by atoms with van der Waals surface area (Å²) in [5.41, 5.74) is 0.126. The average Bonchev–Trinajstić information content (AvgIpc) is 2.38. The van der Waals surface area contributed by atoms with E-state index in [1.54, 1.807) is 0 Å². The summed E-state index contributed by atoms with van der Waals surface area (Å²) in [6, 6.07) is 3.67. The van der Waals surface area contributed by atoms with Crippen LogP contribution in [0.3, 0.4) is 0 Å². The lowest BCUT2D eigenvalue weighted by atomic mass is 9.86. The molecule has 0 saturated heterocycles. The highest BCUT2D eigenvalue weighted by Crippen LogP contribution is 2.25. The third kappa shape index (κ3) is 4.27. The van der Waals surface area contributed by atoms with Crippen LogP contribution in [0.25, 0.3) is 0 Å². The first-order valence-corrected chi connectivity index (χ1v) is 8.40. The van der Waals surface area contributed by atoms with Crippen molar-refractivity contribution in [3.05, 3.63) is 29.6 Å². The standard InChI is InChI=1S/C15H18FNO3S/c16-15-10-14(8-7-13(15)6-1-2-9-18)21(19,20)17-11-12-4-3-5-12/h7-8,10,12,17-18H,2-5,9,11H2. The van der Waals surface area contributed by atoms with Crippen LogP contribution in [0.15, 0.2) is 23.1 Å². The summed E-state index contributed by atoms with van der Waals surface area (Å²) < 4.78 is 40.4. The van der Waals surface area contributed by atoms with Gasteiger partial charge in [0, 0.05) is 13.0 Å². The Morgan fingerprint density at radius 3 is 2.71 bits per heavy atom. The summed E-state index contributed by atoms with van der Waals surface area (Å²) in [5, 5.41) is 8.61. The van der Waals surface area contributed by atoms with Crippen LogP contribution in [-0.2, 0) is 10.0 Å². The van der Waals surface area contributed by atoms with Crippen LogP contribution in [-0.4, -0.2) is 26.7 Å². The fourth-order valence-corrected chi connectivity index (χ4v) is 3.11. The Hall–Kier alpha value is -1.42. The molecule has 1 fully saturated rings. The normalized spacial score (nSPS) is 15.1. The molecule has 21 heavy (non-hydrogen) atoms. The first kappa shape index (κ1) is 16.0. The number of aliphatic hydroxyl groups is 1. The van der Waals surface area contributed by atoms with Crippen LogP contribution in [0.4, 0.5) is 4.39 Å². The first-order valence-electron chi connectivity index (χ1n) is 6.92. The molecule has 0 unspecified atom stereocenters. The minimum absolute atomic E-state index is 0.0907. The lowest BCUT2D eigenvalue weighted by Crippen LogP contribution is -2.32. The van der Waals surface area contributed by atoms with Crippen molar-refractivity contribution in [2.75, 3.05) is 13.2 Å². The number of benzene rings is 1. The third-order valence-electron chi connectivity index (χ3n) is 3.50. The summed E-state index contributed by atoms with van der Waals surface area (Å²) in [4.78, 5) is -0.0907. The van der Waals surface area contributed by atoms with Gasteiger partial charge < -0.3 is 5.11 Å². The number of nitrogens with one attached hydrogen (secondary N) is 1. The minimum Gasteiger partial charge on any atom is -0.395 e. The fraction of sp³-hybridized carbons (Fsp3) is 0.467. The van der Waals surface area contributed by atoms with Gasteiger partial charge in [-0.1, -0.05) is 18.3 Å². The van der Waals surface area contributed by atoms with Crippen LogP contribution >= 0.6 is 0 Å². The van der Waals surface area contributed by atoms with Gasteiger partial charge in [-0.3, -0.25) is 0 Å². The molecule has 0 atom stereocenters. The van der Waals surface area contributed by atoms with E-state index in [0.717, 1.165) is 25.3 Å². The number of rotatable bonds is 5. The van der Waals surface area contributed by atoms with Gasteiger partial charge in [0.15, 0.2) is 0 Å². The van der Waals surface area contributed by atoms with Gasteiger partial charge in [0.25, 0.3) is 0 Å². The van der Waals surface area contributed by atoms with Gasteiger partial charge in [0.05, 0.1) is 17.1 Å². The second kappa shape index (κ2) is 7.03. The molecular formula is C15H18FNO3S. The zero-order valence-electron chi connectivity index (χ0n) is 11.6. The largest absolute Gasteiger partial charge is 0.395 e. The van der Waals surface area contributed by atoms with Gasteiger partial charge in [-0.25, -0.2) is 17.5 Å². The van der Waals surface area contributed by atoms with Crippen molar-refractivity contribution in [1.82, 2.24) is 4.72 Å². The van der Waals surface area contributed by atoms with Crippen molar-refractivity contribution >= 4 is 10.0 Å². The minimum atomic E-state index is -3.67. The highest BCUT2D eigenvalue weighted by Gasteiger charge is 2.21. The van der Waals surface area contributed by atoms with Crippen molar-refractivity contribution in [2.45, 2.75) is 30.6 Å². The van der Waals surface area contributed by atoms with E-state index in [1.807, 2.05) is 0 Å². The quantitative estimate of drug-likeness (QED) is 0.812. The SMILES string of the molecule is O=S(=O)(NCC1CCC1)c1ccc(C#CCCO)c(F)c1. The molecule has 0 bridgehead atoms. The van der Waals surface area contributed by atoms with E-state index in [9.17, 15) is 12.8 Å². The third-order valence-corrected chi connectivity index (χ3v) is 4.92. The number of aliphatic hydroxyl groups excluding tert-OH is 1. The summed E-state index contributed by atoms with van der Waals surface area (Å²) in [6.07, 6.45) is 3.47. The van der Waals surface area contributed by atoms with Gasteiger partial charge in [-0.2, -0.15) is 0 Å². The maximum Gasteiger partial charge on any atom is 0.240 e. The molecule has 0 radical (unpaired) electrons. The van der Waals surface area contributed by atoms with Gasteiger partial charge in [0.2, 0.25) is 10.0 Å². The van der Waals surface area contributed by atoms with E-state index in [0.29, 0.717) is 12.5 Å². The molecule has 1 aromatic rings. The summed E-state index contributed by atoms with van der Waals surface area (Å²) in [7, 11) is -3.67. The van der Waals surface area contributed by atoms with E-state index < -0.39 is 15.8 Å². The number of hydrogen-bond donors (Lipinski definition) is 2. The molecule has 4 nitrogen and oxygen atoms in total. The van der Waals surface area contributed by atoms with Crippen molar-refractivity contribution in [3.63, 3.8) is 0 Å². The van der Waals surface area contributed by atoms with Gasteiger partial charge in [-0.05, 0) is 37.0 Å². The molecule has 1 aliphatic rings. The summed E-state index contributed by atoms with van der Waals surface area (Å²) >= 11 is 0. The smallest absolute Gasteiger partial charge is 0.240 e. The molecule has 0 amide bonds. The predicted molar refractivity (Wildman–Crippen MR) is 77.5 cm³/mol.